The first-order valence-corrected chi connectivity index (χ1v) is 11.7. The highest BCUT2D eigenvalue weighted by Gasteiger charge is 2.34. The van der Waals surface area contributed by atoms with Crippen LogP contribution in [0.2, 0.25) is 0 Å². The first kappa shape index (κ1) is 21.3. The average Bonchev–Trinajstić information content (AvgIpc) is 3.08. The Hall–Kier alpha value is -2.91. The number of amides is 1. The van der Waals surface area contributed by atoms with Crippen molar-refractivity contribution in [1.82, 2.24) is 14.5 Å². The van der Waals surface area contributed by atoms with Crippen molar-refractivity contribution < 1.29 is 18.3 Å². The second-order valence-electron chi connectivity index (χ2n) is 8.20. The molecule has 4 rings (SSSR count). The summed E-state index contributed by atoms with van der Waals surface area (Å²) < 4.78 is 28.0. The number of rotatable bonds is 4. The van der Waals surface area contributed by atoms with Crippen LogP contribution in [-0.2, 0) is 14.8 Å². The van der Waals surface area contributed by atoms with Gasteiger partial charge in [-0.3, -0.25) is 9.89 Å². The van der Waals surface area contributed by atoms with Gasteiger partial charge in [0.05, 0.1) is 10.4 Å². The molecule has 1 aromatic heterocycles. The Morgan fingerprint density at radius 1 is 1.13 bits per heavy atom. The van der Waals surface area contributed by atoms with Gasteiger partial charge in [0.15, 0.2) is 5.82 Å². The van der Waals surface area contributed by atoms with Gasteiger partial charge in [0.25, 0.3) is 0 Å². The van der Waals surface area contributed by atoms with Gasteiger partial charge in [-0.2, -0.15) is 9.40 Å². The lowest BCUT2D eigenvalue weighted by molar-refractivity contribution is -0.120. The zero-order valence-corrected chi connectivity index (χ0v) is 18.6. The normalized spacial score (nSPS) is 16.0. The summed E-state index contributed by atoms with van der Waals surface area (Å²) in [6.45, 7) is 6.18. The molecule has 31 heavy (non-hydrogen) atoms. The average molecular weight is 443 g/mol. The number of aromatic nitrogens is 2. The van der Waals surface area contributed by atoms with Gasteiger partial charge >= 0.3 is 0 Å². The predicted molar refractivity (Wildman–Crippen MR) is 119 cm³/mol. The highest BCUT2D eigenvalue weighted by Crippen LogP contribution is 2.30. The molecule has 1 saturated heterocycles. The highest BCUT2D eigenvalue weighted by molar-refractivity contribution is 7.89. The lowest BCUT2D eigenvalue weighted by atomic mass is 9.97. The molecule has 2 aromatic carbocycles. The van der Waals surface area contributed by atoms with Crippen molar-refractivity contribution in [2.75, 3.05) is 18.4 Å². The number of aromatic hydroxyl groups is 1. The molecule has 2 heterocycles. The molecule has 8 nitrogen and oxygen atoms in total. The van der Waals surface area contributed by atoms with E-state index in [1.807, 2.05) is 32.9 Å². The second kappa shape index (κ2) is 7.97. The van der Waals surface area contributed by atoms with E-state index in [1.165, 1.54) is 16.4 Å². The minimum atomic E-state index is -3.61. The van der Waals surface area contributed by atoms with Gasteiger partial charge in [0.2, 0.25) is 15.9 Å². The number of anilines is 1. The maximum absolute atomic E-state index is 13.2. The second-order valence-corrected chi connectivity index (χ2v) is 10.1. The van der Waals surface area contributed by atoms with Gasteiger partial charge in [0.1, 0.15) is 5.75 Å². The van der Waals surface area contributed by atoms with E-state index >= 15 is 0 Å². The Morgan fingerprint density at radius 3 is 2.42 bits per heavy atom. The van der Waals surface area contributed by atoms with E-state index in [1.54, 1.807) is 6.07 Å². The van der Waals surface area contributed by atoms with Crippen molar-refractivity contribution in [1.29, 1.82) is 0 Å². The zero-order valence-electron chi connectivity index (χ0n) is 17.8. The van der Waals surface area contributed by atoms with Crippen LogP contribution in [0.1, 0.15) is 29.5 Å². The van der Waals surface area contributed by atoms with Crippen molar-refractivity contribution in [2.45, 2.75) is 38.5 Å². The molecule has 0 unspecified atom stereocenters. The topological polar surface area (TPSA) is 115 Å². The van der Waals surface area contributed by atoms with Gasteiger partial charge in [-0.1, -0.05) is 17.7 Å². The van der Waals surface area contributed by atoms with Crippen LogP contribution in [0.4, 0.5) is 5.82 Å². The molecule has 1 amide bonds. The third-order valence-electron chi connectivity index (χ3n) is 5.82. The number of fused-ring (bicyclic) bond motifs is 1. The maximum atomic E-state index is 13.2. The predicted octanol–water partition coefficient (Wildman–Crippen LogP) is 3.23. The number of nitrogens with zero attached hydrogens (tertiary/aromatic N) is 2. The van der Waals surface area contributed by atoms with Crippen molar-refractivity contribution in [3.63, 3.8) is 0 Å². The molecule has 1 aliphatic rings. The summed E-state index contributed by atoms with van der Waals surface area (Å²) in [6, 6.07) is 8.52. The Morgan fingerprint density at radius 2 is 1.77 bits per heavy atom. The van der Waals surface area contributed by atoms with Gasteiger partial charge in [-0.25, -0.2) is 8.42 Å². The molecular weight excluding hydrogens is 416 g/mol. The molecule has 0 bridgehead atoms. The van der Waals surface area contributed by atoms with E-state index in [4.69, 9.17) is 0 Å². The molecule has 3 aromatic rings. The number of benzene rings is 2. The third-order valence-corrected chi connectivity index (χ3v) is 8.02. The summed E-state index contributed by atoms with van der Waals surface area (Å²) in [5.41, 5.74) is 3.15. The Balaban J connectivity index is 1.45. The molecule has 1 aliphatic heterocycles. The first-order chi connectivity index (χ1) is 14.7. The number of phenols is 1. The number of aromatic amines is 1. The molecular formula is C22H26N4O4S. The highest BCUT2D eigenvalue weighted by atomic mass is 32.2. The number of aryl methyl sites for hydroxylation is 3. The Bertz CT molecular complexity index is 1230. The summed E-state index contributed by atoms with van der Waals surface area (Å²) in [4.78, 5) is 13.1. The number of nitrogens with one attached hydrogen (secondary N) is 2. The lowest BCUT2D eigenvalue weighted by Gasteiger charge is -2.31. The smallest absolute Gasteiger partial charge is 0.243 e. The molecule has 0 radical (unpaired) electrons. The standard InChI is InChI=1S/C22H26N4O4S/c1-13-10-14(2)20(15(3)11-13)31(29,30)26-8-6-16(7-9-26)22(28)23-21-18-5-4-17(27)12-19(18)24-25-21/h4-5,10-12,16,27H,6-9H2,1-3H3,(H2,23,24,25,28). The van der Waals surface area contributed by atoms with E-state index in [-0.39, 0.29) is 17.6 Å². The molecule has 3 N–H and O–H groups in total. The number of piperidine rings is 1. The van der Waals surface area contributed by atoms with Crippen LogP contribution in [0, 0.1) is 26.7 Å². The summed E-state index contributed by atoms with van der Waals surface area (Å²) in [6.07, 6.45) is 0.885. The van der Waals surface area contributed by atoms with Crippen LogP contribution >= 0.6 is 0 Å². The molecule has 1 fully saturated rings. The minimum Gasteiger partial charge on any atom is -0.508 e. The van der Waals surface area contributed by atoms with Crippen LogP contribution in [-0.4, -0.2) is 47.0 Å². The maximum Gasteiger partial charge on any atom is 0.243 e. The molecule has 0 saturated carbocycles. The van der Waals surface area contributed by atoms with E-state index in [0.29, 0.717) is 47.5 Å². The lowest BCUT2D eigenvalue weighted by Crippen LogP contribution is -2.41. The monoisotopic (exact) mass is 442 g/mol. The molecule has 0 atom stereocenters. The fourth-order valence-electron chi connectivity index (χ4n) is 4.38. The fourth-order valence-corrected chi connectivity index (χ4v) is 6.26. The Kier molecular flexibility index (Phi) is 5.49. The Labute approximate surface area is 181 Å². The number of carbonyl (C=O) groups excluding carboxylic acids is 1. The van der Waals surface area contributed by atoms with Crippen molar-refractivity contribution in [2.24, 2.45) is 5.92 Å². The van der Waals surface area contributed by atoms with E-state index in [2.05, 4.69) is 15.5 Å². The summed E-state index contributed by atoms with van der Waals surface area (Å²) in [7, 11) is -3.61. The van der Waals surface area contributed by atoms with E-state index in [0.717, 1.165) is 16.7 Å². The first-order valence-electron chi connectivity index (χ1n) is 10.2. The summed E-state index contributed by atoms with van der Waals surface area (Å²) in [5, 5.41) is 20.0. The van der Waals surface area contributed by atoms with Crippen LogP contribution in [0.3, 0.4) is 0 Å². The number of H-pyrrole nitrogens is 1. The zero-order chi connectivity index (χ0) is 22.3. The minimum absolute atomic E-state index is 0.113. The van der Waals surface area contributed by atoms with Gasteiger partial charge in [-0.15, -0.1) is 0 Å². The van der Waals surface area contributed by atoms with Crippen LogP contribution in [0.15, 0.2) is 35.2 Å². The number of sulfonamides is 1. The third kappa shape index (κ3) is 4.03. The largest absolute Gasteiger partial charge is 0.508 e. The molecule has 9 heteroatoms. The fraction of sp³-hybridized carbons (Fsp3) is 0.364. The molecule has 0 aliphatic carbocycles. The quantitative estimate of drug-likeness (QED) is 0.574. The van der Waals surface area contributed by atoms with E-state index in [9.17, 15) is 18.3 Å². The number of hydrogen-bond donors (Lipinski definition) is 3. The SMILES string of the molecule is Cc1cc(C)c(S(=O)(=O)N2CCC(C(=O)Nc3n[nH]c4cc(O)ccc34)CC2)c(C)c1. The van der Waals surface area contributed by atoms with E-state index < -0.39 is 10.0 Å². The van der Waals surface area contributed by atoms with Crippen LogP contribution < -0.4 is 5.32 Å². The van der Waals surface area contributed by atoms with Crippen molar-refractivity contribution >= 4 is 32.7 Å². The number of carbonyl (C=O) groups is 1. The van der Waals surface area contributed by atoms with Crippen LogP contribution in [0.5, 0.6) is 5.75 Å². The van der Waals surface area contributed by atoms with Crippen LogP contribution in [0.25, 0.3) is 10.9 Å². The molecule has 0 spiro atoms. The molecule has 164 valence electrons. The summed E-state index contributed by atoms with van der Waals surface area (Å²) >= 11 is 0. The summed E-state index contributed by atoms with van der Waals surface area (Å²) in [5.74, 6) is 0.0411. The van der Waals surface area contributed by atoms with Crippen molar-refractivity contribution in [3.05, 3.63) is 47.0 Å². The van der Waals surface area contributed by atoms with Gasteiger partial charge in [0, 0.05) is 30.5 Å². The van der Waals surface area contributed by atoms with Gasteiger partial charge < -0.3 is 10.4 Å². The van der Waals surface area contributed by atoms with Gasteiger partial charge in [-0.05, 0) is 56.9 Å². The van der Waals surface area contributed by atoms with Crippen molar-refractivity contribution in [3.8, 4) is 5.75 Å². The number of hydrogen-bond acceptors (Lipinski definition) is 5. The number of phenolic OH excluding ortho intramolecular Hbond substituents is 1.